The first kappa shape index (κ1) is 12.6. The van der Waals surface area contributed by atoms with Crippen LogP contribution in [0.4, 0.5) is 5.82 Å². The van der Waals surface area contributed by atoms with Crippen molar-refractivity contribution in [2.75, 3.05) is 5.32 Å². The molecule has 2 rings (SSSR count). The van der Waals surface area contributed by atoms with Crippen molar-refractivity contribution in [3.8, 4) is 0 Å². The summed E-state index contributed by atoms with van der Waals surface area (Å²) in [5.74, 6) is 2.43. The molecule has 0 amide bonds. The highest BCUT2D eigenvalue weighted by Gasteiger charge is 2.31. The molecule has 4 heteroatoms. The van der Waals surface area contributed by atoms with E-state index in [1.165, 1.54) is 25.6 Å². The zero-order chi connectivity index (χ0) is 12.4. The van der Waals surface area contributed by atoms with Crippen molar-refractivity contribution in [2.24, 2.45) is 11.8 Å². The second-order valence-electron chi connectivity index (χ2n) is 4.99. The number of anilines is 1. The fourth-order valence-corrected chi connectivity index (χ4v) is 2.91. The summed E-state index contributed by atoms with van der Waals surface area (Å²) in [6.45, 7) is 6.56. The molecule has 1 fully saturated rings. The summed E-state index contributed by atoms with van der Waals surface area (Å²) in [4.78, 5) is 8.26. The highest BCUT2D eigenvalue weighted by Crippen LogP contribution is 2.36. The van der Waals surface area contributed by atoms with Gasteiger partial charge in [-0.15, -0.1) is 0 Å². The lowest BCUT2D eigenvalue weighted by molar-refractivity contribution is 0.391. The monoisotopic (exact) mass is 253 g/mol. The van der Waals surface area contributed by atoms with Gasteiger partial charge in [-0.05, 0) is 31.6 Å². The lowest BCUT2D eigenvalue weighted by Crippen LogP contribution is -2.25. The summed E-state index contributed by atoms with van der Waals surface area (Å²) in [6.07, 6.45) is 5.32. The number of hydrogen-bond donors (Lipinski definition) is 1. The smallest absolute Gasteiger partial charge is 0.137 e. The van der Waals surface area contributed by atoms with Gasteiger partial charge in [0.15, 0.2) is 0 Å². The van der Waals surface area contributed by atoms with Gasteiger partial charge in [0.05, 0.1) is 0 Å². The Morgan fingerprint density at radius 3 is 2.82 bits per heavy atom. The van der Waals surface area contributed by atoms with Crippen molar-refractivity contribution in [1.29, 1.82) is 0 Å². The van der Waals surface area contributed by atoms with Gasteiger partial charge in [-0.1, -0.05) is 31.9 Å². The van der Waals surface area contributed by atoms with Crippen LogP contribution in [0.2, 0.25) is 5.15 Å². The Bertz CT molecular complexity index is 394. The molecule has 3 atom stereocenters. The molecular weight excluding hydrogens is 234 g/mol. The van der Waals surface area contributed by atoms with Crippen LogP contribution in [0.15, 0.2) is 6.33 Å². The quantitative estimate of drug-likeness (QED) is 0.836. The van der Waals surface area contributed by atoms with Crippen molar-refractivity contribution < 1.29 is 0 Å². The Hall–Kier alpha value is -0.830. The van der Waals surface area contributed by atoms with Gasteiger partial charge in [0.25, 0.3) is 0 Å². The maximum atomic E-state index is 6.00. The maximum absolute atomic E-state index is 6.00. The van der Waals surface area contributed by atoms with Crippen LogP contribution < -0.4 is 5.32 Å². The van der Waals surface area contributed by atoms with E-state index >= 15 is 0 Å². The largest absolute Gasteiger partial charge is 0.367 e. The van der Waals surface area contributed by atoms with Gasteiger partial charge in [-0.3, -0.25) is 0 Å². The van der Waals surface area contributed by atoms with Crippen molar-refractivity contribution in [3.63, 3.8) is 0 Å². The van der Waals surface area contributed by atoms with Crippen molar-refractivity contribution >= 4 is 17.4 Å². The first-order valence-corrected chi connectivity index (χ1v) is 6.75. The van der Waals surface area contributed by atoms with E-state index in [2.05, 4.69) is 29.1 Å². The predicted molar refractivity (Wildman–Crippen MR) is 71.4 cm³/mol. The Morgan fingerprint density at radius 2 is 2.18 bits per heavy atom. The van der Waals surface area contributed by atoms with Crippen LogP contribution in [0.3, 0.4) is 0 Å². The average Bonchev–Trinajstić information content (AvgIpc) is 2.66. The lowest BCUT2D eigenvalue weighted by atomic mass is 9.93. The van der Waals surface area contributed by atoms with Crippen LogP contribution in [-0.2, 0) is 0 Å². The van der Waals surface area contributed by atoms with E-state index in [1.807, 2.05) is 6.92 Å². The maximum Gasteiger partial charge on any atom is 0.137 e. The highest BCUT2D eigenvalue weighted by atomic mass is 35.5. The molecule has 1 heterocycles. The molecule has 1 aliphatic rings. The number of nitrogens with zero attached hydrogens (tertiary/aromatic N) is 2. The Labute approximate surface area is 108 Å². The van der Waals surface area contributed by atoms with E-state index in [1.54, 1.807) is 0 Å². The Kier molecular flexibility index (Phi) is 3.87. The third-order valence-electron chi connectivity index (χ3n) is 4.10. The molecular formula is C13H20ClN3. The van der Waals surface area contributed by atoms with E-state index in [9.17, 15) is 0 Å². The predicted octanol–water partition coefficient (Wildman–Crippen LogP) is 3.68. The highest BCUT2D eigenvalue weighted by molar-refractivity contribution is 6.30. The minimum Gasteiger partial charge on any atom is -0.367 e. The van der Waals surface area contributed by atoms with Crippen molar-refractivity contribution in [2.45, 2.75) is 46.1 Å². The molecule has 0 aliphatic heterocycles. The van der Waals surface area contributed by atoms with Crippen LogP contribution >= 0.6 is 11.6 Å². The Balaban J connectivity index is 2.09. The fourth-order valence-electron chi connectivity index (χ4n) is 2.78. The van der Waals surface area contributed by atoms with E-state index in [-0.39, 0.29) is 0 Å². The van der Waals surface area contributed by atoms with E-state index in [4.69, 9.17) is 11.6 Å². The molecule has 1 aromatic heterocycles. The van der Waals surface area contributed by atoms with Crippen LogP contribution in [0.5, 0.6) is 0 Å². The van der Waals surface area contributed by atoms with Crippen LogP contribution in [0.25, 0.3) is 0 Å². The number of aromatic nitrogens is 2. The minimum absolute atomic E-state index is 0.518. The summed E-state index contributed by atoms with van der Waals surface area (Å²) in [5.41, 5.74) is 0.946. The zero-order valence-electron chi connectivity index (χ0n) is 10.7. The van der Waals surface area contributed by atoms with Crippen LogP contribution in [0, 0.1) is 18.8 Å². The van der Waals surface area contributed by atoms with E-state index in [0.717, 1.165) is 17.3 Å². The first-order chi connectivity index (χ1) is 8.13. The van der Waals surface area contributed by atoms with Gasteiger partial charge in [0, 0.05) is 11.6 Å². The lowest BCUT2D eigenvalue weighted by Gasteiger charge is -2.22. The molecule has 3 unspecified atom stereocenters. The van der Waals surface area contributed by atoms with E-state index < -0.39 is 0 Å². The van der Waals surface area contributed by atoms with Gasteiger partial charge < -0.3 is 5.32 Å². The molecule has 94 valence electrons. The van der Waals surface area contributed by atoms with E-state index in [0.29, 0.717) is 17.1 Å². The molecule has 1 N–H and O–H groups in total. The van der Waals surface area contributed by atoms with Gasteiger partial charge in [-0.2, -0.15) is 0 Å². The molecule has 0 saturated heterocycles. The third-order valence-corrected chi connectivity index (χ3v) is 4.48. The second kappa shape index (κ2) is 5.21. The molecule has 17 heavy (non-hydrogen) atoms. The molecule has 1 aliphatic carbocycles. The van der Waals surface area contributed by atoms with Gasteiger partial charge in [-0.25, -0.2) is 9.97 Å². The number of rotatable bonds is 3. The summed E-state index contributed by atoms with van der Waals surface area (Å²) in [6, 6.07) is 0.518. The molecule has 0 spiro atoms. The molecule has 1 saturated carbocycles. The topological polar surface area (TPSA) is 37.8 Å². The van der Waals surface area contributed by atoms with Gasteiger partial charge >= 0.3 is 0 Å². The second-order valence-corrected chi connectivity index (χ2v) is 5.35. The molecule has 3 nitrogen and oxygen atoms in total. The summed E-state index contributed by atoms with van der Waals surface area (Å²) in [7, 11) is 0. The van der Waals surface area contributed by atoms with Crippen LogP contribution in [0.1, 0.15) is 38.7 Å². The molecule has 1 aromatic rings. The van der Waals surface area contributed by atoms with Gasteiger partial charge in [0.1, 0.15) is 17.3 Å². The third kappa shape index (κ3) is 2.54. The number of nitrogens with one attached hydrogen (secondary N) is 1. The summed E-state index contributed by atoms with van der Waals surface area (Å²) in [5, 5.41) is 4.07. The number of hydrogen-bond acceptors (Lipinski definition) is 3. The molecule has 0 aromatic carbocycles. The van der Waals surface area contributed by atoms with Crippen molar-refractivity contribution in [3.05, 3.63) is 17.0 Å². The van der Waals surface area contributed by atoms with Crippen molar-refractivity contribution in [1.82, 2.24) is 9.97 Å². The zero-order valence-corrected chi connectivity index (χ0v) is 11.5. The van der Waals surface area contributed by atoms with Gasteiger partial charge in [0.2, 0.25) is 0 Å². The standard InChI is InChI=1S/C13H20ClN3/c1-4-10-5-6-11(8(10)2)17-13-9(3)12(14)15-7-16-13/h7-8,10-11H,4-6H2,1-3H3,(H,15,16,17). The number of halogens is 1. The van der Waals surface area contributed by atoms with Crippen LogP contribution in [-0.4, -0.2) is 16.0 Å². The average molecular weight is 254 g/mol. The Morgan fingerprint density at radius 1 is 1.41 bits per heavy atom. The minimum atomic E-state index is 0.518. The normalized spacial score (nSPS) is 28.4. The summed E-state index contributed by atoms with van der Waals surface area (Å²) < 4.78 is 0. The fraction of sp³-hybridized carbons (Fsp3) is 0.692. The molecule has 0 radical (unpaired) electrons. The first-order valence-electron chi connectivity index (χ1n) is 6.37. The molecule has 0 bridgehead atoms. The SMILES string of the molecule is CCC1CCC(Nc2ncnc(Cl)c2C)C1C. The summed E-state index contributed by atoms with van der Waals surface area (Å²) >= 11 is 6.00.